The van der Waals surface area contributed by atoms with Crippen molar-refractivity contribution in [1.29, 1.82) is 0 Å². The van der Waals surface area contributed by atoms with E-state index in [1.807, 2.05) is 12.1 Å². The molecule has 0 aromatic heterocycles. The molecule has 10 nitrogen and oxygen atoms in total. The van der Waals surface area contributed by atoms with Crippen molar-refractivity contribution in [3.05, 3.63) is 29.8 Å². The summed E-state index contributed by atoms with van der Waals surface area (Å²) in [5.74, 6) is 2.82. The number of esters is 1. The van der Waals surface area contributed by atoms with Gasteiger partial charge in [-0.25, -0.2) is 0 Å². The van der Waals surface area contributed by atoms with E-state index in [1.165, 1.54) is 0 Å². The van der Waals surface area contributed by atoms with Gasteiger partial charge in [-0.3, -0.25) is 9.59 Å². The van der Waals surface area contributed by atoms with E-state index in [9.17, 15) is 9.59 Å². The maximum absolute atomic E-state index is 11.2. The van der Waals surface area contributed by atoms with Crippen LogP contribution < -0.4 is 35.7 Å². The highest BCUT2D eigenvalue weighted by Crippen LogP contribution is 2.38. The molecule has 0 bridgehead atoms. The fraction of sp³-hybridized carbons (Fsp3) is 0.333. The number of hydrogen-bond acceptors (Lipinski definition) is 10. The fourth-order valence-electron chi connectivity index (χ4n) is 2.94. The average molecular weight is 510 g/mol. The molecule has 0 saturated carbocycles. The molecular weight excluding hydrogens is 486 g/mol. The van der Waals surface area contributed by atoms with E-state index in [0.29, 0.717) is 47.8 Å². The predicted octanol–water partition coefficient (Wildman–Crippen LogP) is 2.48. The molecule has 3 aliphatic heterocycles. The Balaban J connectivity index is 0.000000145. The minimum Gasteiger partial charge on any atom is -0.465 e. The van der Waals surface area contributed by atoms with E-state index in [0.717, 1.165) is 22.7 Å². The predicted molar refractivity (Wildman–Crippen MR) is 122 cm³/mol. The number of nitrogens with two attached hydrogens (primary N) is 2. The number of fused-ring (bicyclic) bond motifs is 3. The molecule has 0 amide bonds. The van der Waals surface area contributed by atoms with Gasteiger partial charge >= 0.3 is 5.97 Å². The maximum atomic E-state index is 11.2. The van der Waals surface area contributed by atoms with Crippen LogP contribution in [0.3, 0.4) is 0 Å². The third-order valence-corrected chi connectivity index (χ3v) is 4.91. The summed E-state index contributed by atoms with van der Waals surface area (Å²) in [5.41, 5.74) is 14.1. The van der Waals surface area contributed by atoms with Crippen molar-refractivity contribution in [2.24, 2.45) is 0 Å². The van der Waals surface area contributed by atoms with Crippen LogP contribution in [0.15, 0.2) is 24.3 Å². The molecule has 3 aliphatic rings. The van der Waals surface area contributed by atoms with Crippen LogP contribution in [-0.4, -0.2) is 43.8 Å². The zero-order valence-electron chi connectivity index (χ0n) is 17.4. The van der Waals surface area contributed by atoms with Crippen LogP contribution in [0.5, 0.6) is 23.0 Å². The first kappa shape index (κ1) is 23.3. The van der Waals surface area contributed by atoms with Crippen molar-refractivity contribution in [2.75, 3.05) is 48.9 Å². The molecule has 172 valence electrons. The van der Waals surface area contributed by atoms with Gasteiger partial charge in [0, 0.05) is 30.3 Å². The van der Waals surface area contributed by atoms with Crippen LogP contribution >= 0.6 is 15.9 Å². The molecule has 0 saturated heterocycles. The Morgan fingerprint density at radius 3 is 2.03 bits per heavy atom. The third kappa shape index (κ3) is 5.88. The van der Waals surface area contributed by atoms with Crippen molar-refractivity contribution in [1.82, 2.24) is 0 Å². The first-order valence-electron chi connectivity index (χ1n) is 9.75. The lowest BCUT2D eigenvalue weighted by Crippen LogP contribution is -2.22. The minimum absolute atomic E-state index is 0.205. The molecular formula is C21H24BrN3O7. The Morgan fingerprint density at radius 2 is 1.53 bits per heavy atom. The van der Waals surface area contributed by atoms with Crippen LogP contribution in [0.2, 0.25) is 0 Å². The topological polar surface area (TPSA) is 144 Å². The minimum atomic E-state index is -0.206. The number of alkyl halides is 1. The number of benzene rings is 2. The number of carbonyl (C=O) groups is 2. The normalized spacial score (nSPS) is 14.1. The summed E-state index contributed by atoms with van der Waals surface area (Å²) in [6.07, 6.45) is 0.485. The second-order valence-electron chi connectivity index (χ2n) is 6.70. The third-order valence-electron chi connectivity index (χ3n) is 4.45. The highest BCUT2D eigenvalue weighted by molar-refractivity contribution is 9.09. The number of nitrogens with one attached hydrogen (secondary N) is 1. The molecule has 0 radical (unpaired) electrons. The Kier molecular flexibility index (Phi) is 7.87. The van der Waals surface area contributed by atoms with Gasteiger partial charge in [-0.05, 0) is 18.6 Å². The summed E-state index contributed by atoms with van der Waals surface area (Å²) >= 11 is 2.94. The largest absolute Gasteiger partial charge is 0.465 e. The van der Waals surface area contributed by atoms with Crippen LogP contribution in [0.25, 0.3) is 0 Å². The number of Topliss-reactive ketones (excluding diaryl/α,β-unsaturated/α-hetero) is 1. The number of halogens is 1. The Labute approximate surface area is 193 Å². The molecule has 11 heteroatoms. The lowest BCUT2D eigenvalue weighted by Gasteiger charge is -2.17. The molecule has 5 N–H and O–H groups in total. The molecule has 2 aromatic rings. The summed E-state index contributed by atoms with van der Waals surface area (Å²) in [5, 5.41) is 3.35. The van der Waals surface area contributed by atoms with Crippen LogP contribution in [-0.2, 0) is 20.7 Å². The van der Waals surface area contributed by atoms with Gasteiger partial charge in [-0.1, -0.05) is 15.9 Å². The molecule has 0 aliphatic carbocycles. The van der Waals surface area contributed by atoms with Crippen LogP contribution in [0.4, 0.5) is 17.1 Å². The second kappa shape index (κ2) is 10.8. The molecule has 0 unspecified atom stereocenters. The maximum Gasteiger partial charge on any atom is 0.316 e. The number of carbonyl (C=O) groups excluding carboxylic acids is 2. The average Bonchev–Trinajstić information content (AvgIpc) is 3.42. The van der Waals surface area contributed by atoms with Crippen molar-refractivity contribution < 1.29 is 33.3 Å². The SMILES string of the molecule is CCOC(=O)CBr.Nc1cc2c(cc1N)OCO2.O=C1CNc2cc3c(cc2C1)OCO3. The first-order valence-corrected chi connectivity index (χ1v) is 10.9. The molecule has 0 fully saturated rings. The lowest BCUT2D eigenvalue weighted by molar-refractivity contribution is -0.139. The van der Waals surface area contributed by atoms with Gasteiger partial charge in [0.25, 0.3) is 0 Å². The van der Waals surface area contributed by atoms with E-state index >= 15 is 0 Å². The molecule has 32 heavy (non-hydrogen) atoms. The second-order valence-corrected chi connectivity index (χ2v) is 7.27. The van der Waals surface area contributed by atoms with Gasteiger partial charge in [0.05, 0.1) is 24.5 Å². The van der Waals surface area contributed by atoms with E-state index in [2.05, 4.69) is 26.0 Å². The summed E-state index contributed by atoms with van der Waals surface area (Å²) in [4.78, 5) is 21.3. The van der Waals surface area contributed by atoms with Crippen molar-refractivity contribution in [2.45, 2.75) is 13.3 Å². The number of ether oxygens (including phenoxy) is 5. The summed E-state index contributed by atoms with van der Waals surface area (Å²) in [6, 6.07) is 7.10. The first-order chi connectivity index (χ1) is 15.4. The number of nitrogen functional groups attached to an aromatic ring is 2. The van der Waals surface area contributed by atoms with E-state index in [4.69, 9.17) is 30.4 Å². The fourth-order valence-corrected chi connectivity index (χ4v) is 3.10. The summed E-state index contributed by atoms with van der Waals surface area (Å²) in [7, 11) is 0. The zero-order chi connectivity index (χ0) is 23.1. The number of hydrogen-bond donors (Lipinski definition) is 3. The van der Waals surface area contributed by atoms with Crippen molar-refractivity contribution in [3.63, 3.8) is 0 Å². The van der Waals surface area contributed by atoms with E-state index in [-0.39, 0.29) is 25.3 Å². The van der Waals surface area contributed by atoms with E-state index in [1.54, 1.807) is 19.1 Å². The molecule has 2 aromatic carbocycles. The highest BCUT2D eigenvalue weighted by Gasteiger charge is 2.21. The summed E-state index contributed by atoms with van der Waals surface area (Å²) < 4.78 is 25.1. The van der Waals surface area contributed by atoms with Crippen molar-refractivity contribution >= 4 is 44.7 Å². The van der Waals surface area contributed by atoms with Crippen molar-refractivity contribution in [3.8, 4) is 23.0 Å². The van der Waals surface area contributed by atoms with Gasteiger partial charge < -0.3 is 40.5 Å². The smallest absolute Gasteiger partial charge is 0.316 e. The zero-order valence-corrected chi connectivity index (χ0v) is 19.0. The molecule has 0 atom stereocenters. The van der Waals surface area contributed by atoms with Crippen LogP contribution in [0.1, 0.15) is 12.5 Å². The number of ketones is 1. The Morgan fingerprint density at radius 1 is 1.00 bits per heavy atom. The Bertz CT molecular complexity index is 971. The monoisotopic (exact) mass is 509 g/mol. The molecule has 0 spiro atoms. The van der Waals surface area contributed by atoms with E-state index < -0.39 is 0 Å². The van der Waals surface area contributed by atoms with Gasteiger partial charge in [0.1, 0.15) is 5.33 Å². The standard InChI is InChI=1S/C10H9NO3.C7H8N2O2.C4H7BrO2/c12-7-1-6-2-9-10(14-5-13-9)3-8(6)11-4-7;8-4-1-6-7(2-5(4)9)11-3-10-6;1-2-7-4(6)3-5/h2-3,11H,1,4-5H2;1-2H,3,8-9H2;2-3H2,1H3. The van der Waals surface area contributed by atoms with Gasteiger partial charge in [-0.15, -0.1) is 0 Å². The van der Waals surface area contributed by atoms with Gasteiger partial charge in [-0.2, -0.15) is 0 Å². The number of rotatable bonds is 2. The van der Waals surface area contributed by atoms with Gasteiger partial charge in [0.15, 0.2) is 28.8 Å². The Hall–Kier alpha value is -3.34. The summed E-state index contributed by atoms with van der Waals surface area (Å²) in [6.45, 7) is 3.17. The molecule has 3 heterocycles. The quantitative estimate of drug-likeness (QED) is 0.313. The molecule has 5 rings (SSSR count). The number of anilines is 3. The lowest BCUT2D eigenvalue weighted by atomic mass is 10.0. The highest BCUT2D eigenvalue weighted by atomic mass is 79.9. The van der Waals surface area contributed by atoms with Gasteiger partial charge in [0.2, 0.25) is 13.6 Å². The van der Waals surface area contributed by atoms with Crippen LogP contribution in [0, 0.1) is 0 Å².